The summed E-state index contributed by atoms with van der Waals surface area (Å²) in [4.78, 5) is 27.2. The van der Waals surface area contributed by atoms with E-state index in [1.54, 1.807) is 45.0 Å². The molecule has 2 amide bonds. The van der Waals surface area contributed by atoms with E-state index in [0.29, 0.717) is 14.9 Å². The van der Waals surface area contributed by atoms with Crippen LogP contribution in [-0.4, -0.2) is 50.0 Å². The van der Waals surface area contributed by atoms with Gasteiger partial charge in [0.1, 0.15) is 18.4 Å². The summed E-state index contributed by atoms with van der Waals surface area (Å²) in [6.45, 7) is 4.48. The van der Waals surface area contributed by atoms with E-state index < -0.39 is 40.2 Å². The van der Waals surface area contributed by atoms with Gasteiger partial charge in [-0.15, -0.1) is 0 Å². The van der Waals surface area contributed by atoms with Crippen molar-refractivity contribution in [2.75, 3.05) is 17.1 Å². The maximum atomic E-state index is 14.3. The number of carbonyl (C=O) groups is 2. The molecule has 2 aromatic rings. The summed E-state index contributed by atoms with van der Waals surface area (Å²) < 4.78 is 39.8. The average Bonchev–Trinajstić information content (AvgIpc) is 2.69. The molecule has 0 radical (unpaired) electrons. The van der Waals surface area contributed by atoms with Crippen LogP contribution < -0.4 is 9.62 Å². The minimum Gasteiger partial charge on any atom is -0.352 e. The summed E-state index contributed by atoms with van der Waals surface area (Å²) in [5.74, 6) is -1.84. The predicted molar refractivity (Wildman–Crippen MR) is 123 cm³/mol. The van der Waals surface area contributed by atoms with Gasteiger partial charge < -0.3 is 10.2 Å². The van der Waals surface area contributed by atoms with E-state index in [9.17, 15) is 22.4 Å². The van der Waals surface area contributed by atoms with Crippen molar-refractivity contribution in [1.82, 2.24) is 10.2 Å². The summed E-state index contributed by atoms with van der Waals surface area (Å²) >= 11 is 6.05. The highest BCUT2D eigenvalue weighted by Gasteiger charge is 2.31. The van der Waals surface area contributed by atoms with Gasteiger partial charge in [-0.25, -0.2) is 12.8 Å². The van der Waals surface area contributed by atoms with Crippen molar-refractivity contribution in [3.63, 3.8) is 0 Å². The molecule has 7 nitrogen and oxygen atoms in total. The minimum absolute atomic E-state index is 0.0148. The zero-order chi connectivity index (χ0) is 24.1. The molecule has 10 heteroatoms. The number of rotatable bonds is 9. The smallest absolute Gasteiger partial charge is 0.244 e. The number of benzene rings is 2. The van der Waals surface area contributed by atoms with Crippen LogP contribution in [0.5, 0.6) is 0 Å². The highest BCUT2D eigenvalue weighted by atomic mass is 35.5. The number of halogens is 2. The summed E-state index contributed by atoms with van der Waals surface area (Å²) in [5.41, 5.74) is 0.414. The summed E-state index contributed by atoms with van der Waals surface area (Å²) in [6, 6.07) is 11.0. The van der Waals surface area contributed by atoms with E-state index >= 15 is 0 Å². The number of amides is 2. The lowest BCUT2D eigenvalue weighted by atomic mass is 10.1. The van der Waals surface area contributed by atoms with Crippen molar-refractivity contribution in [3.8, 4) is 0 Å². The van der Waals surface area contributed by atoms with Crippen LogP contribution in [0.15, 0.2) is 48.5 Å². The molecule has 0 aliphatic carbocycles. The van der Waals surface area contributed by atoms with Crippen molar-refractivity contribution in [2.24, 2.45) is 0 Å². The van der Waals surface area contributed by atoms with Crippen LogP contribution in [0.4, 0.5) is 10.1 Å². The Morgan fingerprint density at radius 2 is 1.75 bits per heavy atom. The number of hydrogen-bond acceptors (Lipinski definition) is 4. The van der Waals surface area contributed by atoms with Gasteiger partial charge in [-0.2, -0.15) is 0 Å². The molecule has 1 atom stereocenters. The van der Waals surface area contributed by atoms with Crippen LogP contribution in [0.1, 0.15) is 26.3 Å². The van der Waals surface area contributed by atoms with Crippen molar-refractivity contribution >= 4 is 39.1 Å². The monoisotopic (exact) mass is 483 g/mol. The van der Waals surface area contributed by atoms with E-state index in [0.717, 1.165) is 12.3 Å². The number of sulfonamides is 1. The molecule has 0 saturated carbocycles. The lowest BCUT2D eigenvalue weighted by Crippen LogP contribution is -2.52. The highest BCUT2D eigenvalue weighted by Crippen LogP contribution is 2.22. The number of anilines is 1. The molecule has 0 aliphatic heterocycles. The Bertz CT molecular complexity index is 1080. The van der Waals surface area contributed by atoms with E-state index in [1.165, 1.54) is 23.1 Å². The third-order valence-electron chi connectivity index (χ3n) is 4.64. The highest BCUT2D eigenvalue weighted by molar-refractivity contribution is 7.92. The number of hydrogen-bond donors (Lipinski definition) is 1. The Kier molecular flexibility index (Phi) is 8.63. The van der Waals surface area contributed by atoms with Gasteiger partial charge in [0.2, 0.25) is 21.8 Å². The maximum Gasteiger partial charge on any atom is 0.244 e. The molecule has 0 fully saturated rings. The molecule has 0 saturated heterocycles. The molecule has 174 valence electrons. The van der Waals surface area contributed by atoms with E-state index in [2.05, 4.69) is 5.32 Å². The zero-order valence-electron chi connectivity index (χ0n) is 18.4. The summed E-state index contributed by atoms with van der Waals surface area (Å²) in [5, 5.41) is 3.21. The molecule has 2 aromatic carbocycles. The number of nitrogens with one attached hydrogen (secondary N) is 1. The Labute approximate surface area is 193 Å². The Morgan fingerprint density at radius 1 is 1.09 bits per heavy atom. The fourth-order valence-corrected chi connectivity index (χ4v) is 4.13. The molecule has 1 N–H and O–H groups in total. The Morgan fingerprint density at radius 3 is 2.31 bits per heavy atom. The summed E-state index contributed by atoms with van der Waals surface area (Å²) in [7, 11) is -3.99. The first kappa shape index (κ1) is 25.6. The van der Waals surface area contributed by atoms with Crippen LogP contribution in [0.2, 0.25) is 5.02 Å². The van der Waals surface area contributed by atoms with Crippen LogP contribution in [0.25, 0.3) is 0 Å². The van der Waals surface area contributed by atoms with Gasteiger partial charge in [0.15, 0.2) is 0 Å². The normalized spacial score (nSPS) is 12.3. The molecule has 0 bridgehead atoms. The van der Waals surface area contributed by atoms with Crippen molar-refractivity contribution in [3.05, 3.63) is 64.9 Å². The molecular formula is C22H27ClFN3O4S. The lowest BCUT2D eigenvalue weighted by Gasteiger charge is -2.32. The predicted octanol–water partition coefficient (Wildman–Crippen LogP) is 3.19. The van der Waals surface area contributed by atoms with Gasteiger partial charge in [-0.3, -0.25) is 13.9 Å². The Balaban J connectivity index is 2.40. The fourth-order valence-electron chi connectivity index (χ4n) is 3.07. The molecular weight excluding hydrogens is 457 g/mol. The molecule has 0 spiro atoms. The van der Waals surface area contributed by atoms with Gasteiger partial charge in [0, 0.05) is 17.6 Å². The average molecular weight is 484 g/mol. The van der Waals surface area contributed by atoms with Crippen molar-refractivity contribution < 1.29 is 22.4 Å². The fraction of sp³-hybridized carbons (Fsp3) is 0.364. The number of para-hydroxylation sites is 1. The first-order chi connectivity index (χ1) is 14.9. The summed E-state index contributed by atoms with van der Waals surface area (Å²) in [6.07, 6.45) is 0.892. The molecule has 0 aromatic heterocycles. The topological polar surface area (TPSA) is 86.8 Å². The van der Waals surface area contributed by atoms with Crippen LogP contribution >= 0.6 is 11.6 Å². The first-order valence-corrected chi connectivity index (χ1v) is 12.2. The second-order valence-corrected chi connectivity index (χ2v) is 10.1. The molecule has 0 aliphatic rings. The molecule has 32 heavy (non-hydrogen) atoms. The standard InChI is InChI=1S/C22H27ClFN3O4S/c1-15(2)25-22(29)16(3)26(13-17-8-7-9-18(23)12-17)21(28)14-27(32(4,30)31)20-11-6-5-10-19(20)24/h5-12,15-16H,13-14H2,1-4H3,(H,25,29)/t16-/m1/s1. The van der Waals surface area contributed by atoms with Crippen molar-refractivity contribution in [1.29, 1.82) is 0 Å². The molecule has 2 rings (SSSR count). The first-order valence-electron chi connectivity index (χ1n) is 9.96. The Hall–Kier alpha value is -2.65. The number of nitrogens with zero attached hydrogens (tertiary/aromatic N) is 2. The third kappa shape index (κ3) is 6.93. The van der Waals surface area contributed by atoms with Gasteiger partial charge in [0.25, 0.3) is 0 Å². The second kappa shape index (κ2) is 10.8. The van der Waals surface area contributed by atoms with Crippen LogP contribution in [-0.2, 0) is 26.2 Å². The molecule has 0 unspecified atom stereocenters. The van der Waals surface area contributed by atoms with Crippen LogP contribution in [0, 0.1) is 5.82 Å². The van der Waals surface area contributed by atoms with Gasteiger partial charge in [0.05, 0.1) is 11.9 Å². The second-order valence-electron chi connectivity index (χ2n) is 7.71. The zero-order valence-corrected chi connectivity index (χ0v) is 20.0. The largest absolute Gasteiger partial charge is 0.352 e. The van der Waals surface area contributed by atoms with Gasteiger partial charge in [-0.05, 0) is 50.6 Å². The third-order valence-corrected chi connectivity index (χ3v) is 6.00. The van der Waals surface area contributed by atoms with Gasteiger partial charge in [-0.1, -0.05) is 35.9 Å². The van der Waals surface area contributed by atoms with Crippen LogP contribution in [0.3, 0.4) is 0 Å². The van der Waals surface area contributed by atoms with E-state index in [1.807, 2.05) is 0 Å². The lowest BCUT2D eigenvalue weighted by molar-refractivity contribution is -0.139. The quantitative estimate of drug-likeness (QED) is 0.593. The van der Waals surface area contributed by atoms with Crippen molar-refractivity contribution in [2.45, 2.75) is 39.4 Å². The van der Waals surface area contributed by atoms with E-state index in [4.69, 9.17) is 11.6 Å². The van der Waals surface area contributed by atoms with E-state index in [-0.39, 0.29) is 18.3 Å². The maximum absolute atomic E-state index is 14.3. The SMILES string of the molecule is CC(C)NC(=O)[C@@H](C)N(Cc1cccc(Cl)c1)C(=O)CN(c1ccccc1F)S(C)(=O)=O. The molecule has 0 heterocycles. The van der Waals surface area contributed by atoms with Gasteiger partial charge >= 0.3 is 0 Å². The minimum atomic E-state index is -3.99. The number of carbonyl (C=O) groups excluding carboxylic acids is 2.